The topological polar surface area (TPSA) is 156 Å². The molecule has 1 amide bonds. The first-order valence-corrected chi connectivity index (χ1v) is 14.7. The highest BCUT2D eigenvalue weighted by Gasteiger charge is 2.50. The van der Waals surface area contributed by atoms with Crippen LogP contribution in [0, 0.1) is 5.41 Å². The number of piperidine rings is 1. The average molecular weight is 546 g/mol. The molecular weight excluding hydrogens is 518 g/mol. The van der Waals surface area contributed by atoms with E-state index in [2.05, 4.69) is 10.2 Å². The van der Waals surface area contributed by atoms with Crippen LogP contribution in [-0.2, 0) is 24.8 Å². The molecular formula is C24H27N5O6S2. The van der Waals surface area contributed by atoms with Gasteiger partial charge in [0.1, 0.15) is 5.75 Å². The van der Waals surface area contributed by atoms with Crippen LogP contribution in [0.15, 0.2) is 64.6 Å². The fourth-order valence-corrected chi connectivity index (χ4v) is 7.08. The highest BCUT2D eigenvalue weighted by atomic mass is 32.2. The van der Waals surface area contributed by atoms with Crippen molar-refractivity contribution in [3.8, 4) is 16.9 Å². The van der Waals surface area contributed by atoms with Gasteiger partial charge in [0, 0.05) is 48.7 Å². The zero-order valence-electron chi connectivity index (χ0n) is 20.1. The molecule has 0 saturated carbocycles. The highest BCUT2D eigenvalue weighted by Crippen LogP contribution is 2.45. The molecule has 0 radical (unpaired) electrons. The molecule has 2 aliphatic heterocycles. The van der Waals surface area contributed by atoms with Crippen LogP contribution in [-0.4, -0.2) is 64.0 Å². The first-order chi connectivity index (χ1) is 17.5. The molecule has 0 bridgehead atoms. The minimum absolute atomic E-state index is 0.0137. The molecule has 196 valence electrons. The number of primary sulfonamides is 1. The second-order valence-corrected chi connectivity index (χ2v) is 12.8. The number of nitrogens with zero attached hydrogens (tertiary/aromatic N) is 3. The normalized spacial score (nSPS) is 18.4. The summed E-state index contributed by atoms with van der Waals surface area (Å²) in [5, 5.41) is 11.9. The smallest absolute Gasteiger partial charge is 0.243 e. The number of hydrogen-bond donors (Lipinski definition) is 2. The maximum Gasteiger partial charge on any atom is 0.243 e. The number of methoxy groups -OCH3 is 1. The van der Waals surface area contributed by atoms with Crippen LogP contribution in [0.4, 0.5) is 5.69 Å². The minimum atomic E-state index is -3.92. The number of aromatic amines is 1. The van der Waals surface area contributed by atoms with Gasteiger partial charge in [-0.1, -0.05) is 0 Å². The van der Waals surface area contributed by atoms with Crippen molar-refractivity contribution in [3.63, 3.8) is 0 Å². The summed E-state index contributed by atoms with van der Waals surface area (Å²) in [4.78, 5) is 15.2. The molecule has 3 heterocycles. The third kappa shape index (κ3) is 4.52. The van der Waals surface area contributed by atoms with Crippen molar-refractivity contribution in [2.45, 2.75) is 29.1 Å². The summed E-state index contributed by atoms with van der Waals surface area (Å²) in [5.41, 5.74) is 1.84. The maximum absolute atomic E-state index is 13.6. The Bertz CT molecular complexity index is 1530. The number of aromatic nitrogens is 2. The maximum atomic E-state index is 13.6. The number of carbonyl (C=O) groups is 1. The molecule has 3 N–H and O–H groups in total. The van der Waals surface area contributed by atoms with E-state index in [4.69, 9.17) is 9.88 Å². The van der Waals surface area contributed by atoms with E-state index in [0.717, 1.165) is 16.8 Å². The highest BCUT2D eigenvalue weighted by molar-refractivity contribution is 7.89. The predicted molar refractivity (Wildman–Crippen MR) is 136 cm³/mol. The zero-order chi connectivity index (χ0) is 26.4. The van der Waals surface area contributed by atoms with E-state index in [1.54, 1.807) is 24.4 Å². The summed E-state index contributed by atoms with van der Waals surface area (Å²) in [6, 6.07) is 10.4. The summed E-state index contributed by atoms with van der Waals surface area (Å²) in [6.45, 7) is 0.929. The first kappa shape index (κ1) is 25.4. The second-order valence-electron chi connectivity index (χ2n) is 9.28. The SMILES string of the molecule is COc1cc(N2CCC3(CCN(S(=O)(=O)c4ccc(S(N)(=O)=O)cc4)CC3)C2=O)ccc1-c1cn[nH]c1. The van der Waals surface area contributed by atoms with Gasteiger partial charge in [-0.05, 0) is 55.7 Å². The number of nitrogens with two attached hydrogens (primary N) is 1. The number of nitrogens with one attached hydrogen (secondary N) is 1. The molecule has 2 aromatic carbocycles. The summed E-state index contributed by atoms with van der Waals surface area (Å²) in [6.07, 6.45) is 4.91. The van der Waals surface area contributed by atoms with Crippen molar-refractivity contribution in [3.05, 3.63) is 54.9 Å². The van der Waals surface area contributed by atoms with Gasteiger partial charge in [0.25, 0.3) is 0 Å². The van der Waals surface area contributed by atoms with Gasteiger partial charge in [0.15, 0.2) is 0 Å². The molecule has 0 atom stereocenters. The Morgan fingerprint density at radius 2 is 1.62 bits per heavy atom. The lowest BCUT2D eigenvalue weighted by Crippen LogP contribution is -2.46. The molecule has 11 nitrogen and oxygen atoms in total. The third-order valence-electron chi connectivity index (χ3n) is 7.29. The van der Waals surface area contributed by atoms with Gasteiger partial charge in [-0.15, -0.1) is 0 Å². The van der Waals surface area contributed by atoms with Gasteiger partial charge < -0.3 is 9.64 Å². The number of sulfonamides is 2. The molecule has 1 spiro atoms. The number of carbonyl (C=O) groups excluding carboxylic acids is 1. The number of hydrogen-bond acceptors (Lipinski definition) is 7. The number of ether oxygens (including phenoxy) is 1. The van der Waals surface area contributed by atoms with Crippen molar-refractivity contribution in [1.82, 2.24) is 14.5 Å². The van der Waals surface area contributed by atoms with Crippen LogP contribution in [0.3, 0.4) is 0 Å². The van der Waals surface area contributed by atoms with Crippen LogP contribution in [0.2, 0.25) is 0 Å². The fourth-order valence-electron chi connectivity index (χ4n) is 5.12. The monoisotopic (exact) mass is 545 g/mol. The van der Waals surface area contributed by atoms with Crippen LogP contribution in [0.1, 0.15) is 19.3 Å². The Balaban J connectivity index is 1.31. The van der Waals surface area contributed by atoms with Crippen LogP contribution in [0.25, 0.3) is 11.1 Å². The van der Waals surface area contributed by atoms with Crippen molar-refractivity contribution in [2.24, 2.45) is 10.6 Å². The van der Waals surface area contributed by atoms with Crippen LogP contribution < -0.4 is 14.8 Å². The van der Waals surface area contributed by atoms with E-state index in [1.165, 1.54) is 28.6 Å². The van der Waals surface area contributed by atoms with E-state index in [-0.39, 0.29) is 28.8 Å². The Morgan fingerprint density at radius 1 is 0.973 bits per heavy atom. The molecule has 37 heavy (non-hydrogen) atoms. The number of anilines is 1. The molecule has 2 fully saturated rings. The minimum Gasteiger partial charge on any atom is -0.496 e. The van der Waals surface area contributed by atoms with Gasteiger partial charge in [-0.2, -0.15) is 9.40 Å². The standard InChI is InChI=1S/C24H27N5O6S2/c1-35-22-14-18(2-7-21(22)17-15-26-27-16-17)29-13-10-24(23(29)30)8-11-28(12-9-24)37(33,34)20-5-3-19(4-6-20)36(25,31)32/h2-7,14-16H,8-13H2,1H3,(H,26,27)(H2,25,31,32). The molecule has 13 heteroatoms. The van der Waals surface area contributed by atoms with E-state index in [9.17, 15) is 21.6 Å². The van der Waals surface area contributed by atoms with E-state index in [1.807, 2.05) is 18.2 Å². The average Bonchev–Trinajstić information content (AvgIpc) is 3.53. The largest absolute Gasteiger partial charge is 0.496 e. The number of rotatable bonds is 6. The Hall–Kier alpha value is -3.26. The summed E-state index contributed by atoms with van der Waals surface area (Å²) < 4.78 is 56.2. The van der Waals surface area contributed by atoms with Gasteiger partial charge >= 0.3 is 0 Å². The molecule has 2 aliphatic rings. The Kier molecular flexibility index (Phi) is 6.34. The summed E-state index contributed by atoms with van der Waals surface area (Å²) >= 11 is 0. The predicted octanol–water partition coefficient (Wildman–Crippen LogP) is 1.94. The molecule has 2 saturated heterocycles. The van der Waals surface area contributed by atoms with Crippen molar-refractivity contribution >= 4 is 31.6 Å². The Morgan fingerprint density at radius 3 is 2.22 bits per heavy atom. The molecule has 5 rings (SSSR count). The lowest BCUT2D eigenvalue weighted by molar-refractivity contribution is -0.127. The quantitative estimate of drug-likeness (QED) is 0.479. The lowest BCUT2D eigenvalue weighted by atomic mass is 9.77. The van der Waals surface area contributed by atoms with E-state index in [0.29, 0.717) is 31.6 Å². The van der Waals surface area contributed by atoms with Gasteiger partial charge in [0.2, 0.25) is 26.0 Å². The molecule has 3 aromatic rings. The first-order valence-electron chi connectivity index (χ1n) is 11.7. The van der Waals surface area contributed by atoms with Crippen molar-refractivity contribution in [1.29, 1.82) is 0 Å². The fraction of sp³-hybridized carbons (Fsp3) is 0.333. The van der Waals surface area contributed by atoms with E-state index >= 15 is 0 Å². The van der Waals surface area contributed by atoms with Gasteiger partial charge in [0.05, 0.1) is 28.5 Å². The number of amides is 1. The summed E-state index contributed by atoms with van der Waals surface area (Å²) in [7, 11) is -6.18. The molecule has 0 aliphatic carbocycles. The number of benzene rings is 2. The van der Waals surface area contributed by atoms with Crippen LogP contribution >= 0.6 is 0 Å². The molecule has 1 aromatic heterocycles. The number of H-pyrrole nitrogens is 1. The van der Waals surface area contributed by atoms with E-state index < -0.39 is 25.5 Å². The third-order valence-corrected chi connectivity index (χ3v) is 10.1. The zero-order valence-corrected chi connectivity index (χ0v) is 21.8. The van der Waals surface area contributed by atoms with Gasteiger partial charge in [-0.25, -0.2) is 22.0 Å². The van der Waals surface area contributed by atoms with Crippen LogP contribution in [0.5, 0.6) is 5.75 Å². The van der Waals surface area contributed by atoms with Gasteiger partial charge in [-0.3, -0.25) is 9.89 Å². The summed E-state index contributed by atoms with van der Waals surface area (Å²) in [5.74, 6) is 0.613. The Labute approximate surface area is 215 Å². The molecule has 0 unspecified atom stereocenters. The van der Waals surface area contributed by atoms with Crippen molar-refractivity contribution in [2.75, 3.05) is 31.6 Å². The van der Waals surface area contributed by atoms with Crippen molar-refractivity contribution < 1.29 is 26.4 Å². The lowest BCUT2D eigenvalue weighted by Gasteiger charge is -2.37. The second kappa shape index (κ2) is 9.24.